The van der Waals surface area contributed by atoms with Crippen molar-refractivity contribution in [2.75, 3.05) is 11.4 Å². The van der Waals surface area contributed by atoms with Gasteiger partial charge in [0.1, 0.15) is 18.0 Å². The van der Waals surface area contributed by atoms with Crippen molar-refractivity contribution >= 4 is 22.8 Å². The molecular weight excluding hydrogens is 464 g/mol. The normalized spacial score (nSPS) is 21.2. The minimum absolute atomic E-state index is 0.317. The van der Waals surface area contributed by atoms with Gasteiger partial charge < -0.3 is 14.0 Å². The number of hydrogen-bond acceptors (Lipinski definition) is 5. The van der Waals surface area contributed by atoms with E-state index in [0.717, 1.165) is 54.5 Å². The molecule has 2 unspecified atom stereocenters. The molecule has 2 heterocycles. The number of imidazole rings is 1. The summed E-state index contributed by atoms with van der Waals surface area (Å²) < 4.78 is 14.4. The second-order valence-corrected chi connectivity index (χ2v) is 10.1. The first-order valence-electron chi connectivity index (χ1n) is 12.7. The monoisotopic (exact) mass is 492 g/mol. The van der Waals surface area contributed by atoms with E-state index in [1.807, 2.05) is 73.1 Å². The Bertz CT molecular complexity index is 1480. The molecule has 1 saturated heterocycles. The number of nitriles is 1. The number of aromatic nitrogens is 2. The smallest absolute Gasteiger partial charge is 0.415 e. The molecule has 37 heavy (non-hydrogen) atoms. The number of benzene rings is 3. The maximum atomic E-state index is 13.1. The Morgan fingerprint density at radius 1 is 1.11 bits per heavy atom. The molecule has 7 heteroatoms. The molecule has 3 aromatic carbocycles. The Labute approximate surface area is 215 Å². The topological polar surface area (TPSA) is 80.4 Å². The number of carbonyl (C=O) groups is 1. The fraction of sp³-hybridized carbons (Fsp3) is 0.300. The zero-order valence-electron chi connectivity index (χ0n) is 20.5. The summed E-state index contributed by atoms with van der Waals surface area (Å²) in [6.07, 6.45) is 5.23. The molecule has 0 N–H and O–H groups in total. The minimum atomic E-state index is -0.513. The van der Waals surface area contributed by atoms with Crippen molar-refractivity contribution in [1.82, 2.24) is 9.55 Å². The average Bonchev–Trinajstić information content (AvgIpc) is 3.47. The van der Waals surface area contributed by atoms with Gasteiger partial charge in [0.25, 0.3) is 0 Å². The molecule has 1 amide bonds. The average molecular weight is 493 g/mol. The number of anilines is 1. The molecule has 1 spiro atoms. The van der Waals surface area contributed by atoms with Crippen molar-refractivity contribution in [3.05, 3.63) is 90.3 Å². The van der Waals surface area contributed by atoms with E-state index in [1.54, 1.807) is 11.0 Å². The lowest BCUT2D eigenvalue weighted by Crippen LogP contribution is -2.40. The third-order valence-corrected chi connectivity index (χ3v) is 7.47. The first-order chi connectivity index (χ1) is 18.1. The molecule has 4 aromatic rings. The second kappa shape index (κ2) is 9.62. The molecule has 2 fully saturated rings. The Hall–Kier alpha value is -4.31. The van der Waals surface area contributed by atoms with Gasteiger partial charge in [-0.2, -0.15) is 5.26 Å². The lowest BCUT2D eigenvalue weighted by atomic mass is 9.78. The molecule has 0 radical (unpaired) electrons. The molecule has 186 valence electrons. The third kappa shape index (κ3) is 4.63. The van der Waals surface area contributed by atoms with Crippen LogP contribution in [0.25, 0.3) is 11.0 Å². The highest BCUT2D eigenvalue weighted by molar-refractivity contribution is 5.92. The van der Waals surface area contributed by atoms with E-state index in [9.17, 15) is 10.1 Å². The lowest BCUT2D eigenvalue weighted by molar-refractivity contribution is 0.00439. The Morgan fingerprint density at radius 3 is 2.81 bits per heavy atom. The lowest BCUT2D eigenvalue weighted by Gasteiger charge is -2.36. The van der Waals surface area contributed by atoms with E-state index in [1.165, 1.54) is 0 Å². The van der Waals surface area contributed by atoms with Crippen molar-refractivity contribution in [3.63, 3.8) is 0 Å². The Kier molecular flexibility index (Phi) is 6.01. The van der Waals surface area contributed by atoms with Crippen LogP contribution in [0.3, 0.4) is 0 Å². The van der Waals surface area contributed by atoms with Crippen LogP contribution in [-0.2, 0) is 17.9 Å². The first kappa shape index (κ1) is 23.1. The molecule has 1 aromatic heterocycles. The zero-order chi connectivity index (χ0) is 25.2. The number of carbonyl (C=O) groups excluding carboxylic acids is 1. The van der Waals surface area contributed by atoms with Gasteiger partial charge in [-0.15, -0.1) is 0 Å². The standard InChI is InChI=1S/C30H28N4O3/c31-17-23-12-13-25-27(15-23)33(21-32-25)18-24-9-6-14-30(16-24)20-34(29(35)37-30)26-10-4-5-11-28(26)36-19-22-7-2-1-3-8-22/h1-5,7-8,10-13,15,21,24H,6,9,14,16,18-20H2. The number of amides is 1. The van der Waals surface area contributed by atoms with Gasteiger partial charge in [-0.25, -0.2) is 9.78 Å². The van der Waals surface area contributed by atoms with Gasteiger partial charge in [0, 0.05) is 6.54 Å². The van der Waals surface area contributed by atoms with Crippen LogP contribution in [0.1, 0.15) is 36.8 Å². The van der Waals surface area contributed by atoms with Crippen molar-refractivity contribution in [2.45, 2.75) is 44.4 Å². The van der Waals surface area contributed by atoms with E-state index in [-0.39, 0.29) is 6.09 Å². The number of ether oxygens (including phenoxy) is 2. The number of fused-ring (bicyclic) bond motifs is 1. The van der Waals surface area contributed by atoms with Crippen LogP contribution in [0.2, 0.25) is 0 Å². The fourth-order valence-corrected chi connectivity index (χ4v) is 5.73. The molecular formula is C30H28N4O3. The van der Waals surface area contributed by atoms with Crippen LogP contribution in [0.4, 0.5) is 10.5 Å². The van der Waals surface area contributed by atoms with Gasteiger partial charge in [0.15, 0.2) is 0 Å². The summed E-state index contributed by atoms with van der Waals surface area (Å²) in [4.78, 5) is 19.4. The molecule has 2 aliphatic rings. The predicted octanol–water partition coefficient (Wildman–Crippen LogP) is 6.07. The van der Waals surface area contributed by atoms with Crippen molar-refractivity contribution in [2.24, 2.45) is 5.92 Å². The molecule has 7 nitrogen and oxygen atoms in total. The largest absolute Gasteiger partial charge is 0.487 e. The van der Waals surface area contributed by atoms with Crippen molar-refractivity contribution in [3.8, 4) is 11.8 Å². The summed E-state index contributed by atoms with van der Waals surface area (Å²) in [7, 11) is 0. The van der Waals surface area contributed by atoms with Gasteiger partial charge in [-0.1, -0.05) is 42.5 Å². The van der Waals surface area contributed by atoms with Gasteiger partial charge in [0.2, 0.25) is 0 Å². The fourth-order valence-electron chi connectivity index (χ4n) is 5.73. The summed E-state index contributed by atoms with van der Waals surface area (Å²) in [5.41, 5.74) is 3.78. The second-order valence-electron chi connectivity index (χ2n) is 10.1. The first-order valence-corrected chi connectivity index (χ1v) is 12.7. The highest BCUT2D eigenvalue weighted by atomic mass is 16.6. The molecule has 6 rings (SSSR count). The third-order valence-electron chi connectivity index (χ3n) is 7.47. The van der Waals surface area contributed by atoms with Crippen molar-refractivity contribution < 1.29 is 14.3 Å². The van der Waals surface area contributed by atoms with Crippen molar-refractivity contribution in [1.29, 1.82) is 5.26 Å². The van der Waals surface area contributed by atoms with E-state index >= 15 is 0 Å². The number of rotatable bonds is 6. The van der Waals surface area contributed by atoms with E-state index in [4.69, 9.17) is 9.47 Å². The maximum Gasteiger partial charge on any atom is 0.415 e. The molecule has 2 atom stereocenters. The summed E-state index contributed by atoms with van der Waals surface area (Å²) in [6, 6.07) is 25.5. The summed E-state index contributed by atoms with van der Waals surface area (Å²) in [5.74, 6) is 1.01. The quantitative estimate of drug-likeness (QED) is 0.326. The van der Waals surface area contributed by atoms with E-state index < -0.39 is 5.60 Å². The highest BCUT2D eigenvalue weighted by Crippen LogP contribution is 2.43. The van der Waals surface area contributed by atoms with Crippen LogP contribution < -0.4 is 9.64 Å². The zero-order valence-corrected chi connectivity index (χ0v) is 20.5. The Morgan fingerprint density at radius 2 is 1.95 bits per heavy atom. The number of nitrogens with zero attached hydrogens (tertiary/aromatic N) is 4. The minimum Gasteiger partial charge on any atom is -0.487 e. The van der Waals surface area contributed by atoms with Crippen LogP contribution >= 0.6 is 0 Å². The predicted molar refractivity (Wildman–Crippen MR) is 140 cm³/mol. The van der Waals surface area contributed by atoms with Crippen LogP contribution in [0.5, 0.6) is 5.75 Å². The number of para-hydroxylation sites is 2. The molecule has 1 saturated carbocycles. The summed E-state index contributed by atoms with van der Waals surface area (Å²) >= 11 is 0. The van der Waals surface area contributed by atoms with E-state index in [0.29, 0.717) is 30.4 Å². The van der Waals surface area contributed by atoms with Gasteiger partial charge in [-0.05, 0) is 67.5 Å². The van der Waals surface area contributed by atoms with E-state index in [2.05, 4.69) is 15.6 Å². The SMILES string of the molecule is N#Cc1ccc2ncn(CC3CCCC4(C3)CN(c3ccccc3OCc3ccccc3)C(=O)O4)c2c1. The van der Waals surface area contributed by atoms with Gasteiger partial charge >= 0.3 is 6.09 Å². The van der Waals surface area contributed by atoms with Crippen LogP contribution in [0, 0.1) is 17.2 Å². The Balaban J connectivity index is 1.18. The molecule has 1 aliphatic carbocycles. The maximum absolute atomic E-state index is 13.1. The summed E-state index contributed by atoms with van der Waals surface area (Å²) in [5, 5.41) is 9.30. The van der Waals surface area contributed by atoms with Crippen LogP contribution in [0.15, 0.2) is 79.1 Å². The molecule has 0 bridgehead atoms. The van der Waals surface area contributed by atoms with Crippen LogP contribution in [-0.4, -0.2) is 27.8 Å². The number of hydrogen-bond donors (Lipinski definition) is 0. The summed E-state index contributed by atoms with van der Waals surface area (Å²) in [6.45, 7) is 1.72. The highest BCUT2D eigenvalue weighted by Gasteiger charge is 2.49. The van der Waals surface area contributed by atoms with Gasteiger partial charge in [0.05, 0.1) is 41.2 Å². The molecule has 1 aliphatic heterocycles. The van der Waals surface area contributed by atoms with Gasteiger partial charge in [-0.3, -0.25) is 4.90 Å².